The Hall–Kier alpha value is -2.49. The van der Waals surface area contributed by atoms with Gasteiger partial charge in [0.25, 0.3) is 0 Å². The molecule has 0 fully saturated rings. The second kappa shape index (κ2) is 6.95. The maximum Gasteiger partial charge on any atom is 0.326 e. The lowest BCUT2D eigenvalue weighted by molar-refractivity contribution is 0.257. The molecule has 0 atom stereocenters. The molecule has 1 aliphatic rings. The molecule has 4 heteroatoms. The van der Waals surface area contributed by atoms with Gasteiger partial charge in [-0.05, 0) is 62.6 Å². The molecule has 0 aliphatic carbocycles. The van der Waals surface area contributed by atoms with Crippen LogP contribution in [0, 0.1) is 6.92 Å². The van der Waals surface area contributed by atoms with Crippen molar-refractivity contribution in [1.82, 2.24) is 0 Å². The van der Waals surface area contributed by atoms with Gasteiger partial charge in [0, 0.05) is 36.7 Å². The molecular formula is C20H25N3O. The van der Waals surface area contributed by atoms with Crippen molar-refractivity contribution < 1.29 is 4.79 Å². The molecule has 24 heavy (non-hydrogen) atoms. The number of nitrogens with zero attached hydrogens (tertiary/aromatic N) is 2. The Balaban J connectivity index is 1.76. The topological polar surface area (TPSA) is 35.6 Å². The molecule has 2 amide bonds. The fraction of sp³-hybridized carbons (Fsp3) is 0.350. The van der Waals surface area contributed by atoms with Crippen LogP contribution in [0.5, 0.6) is 0 Å². The van der Waals surface area contributed by atoms with Gasteiger partial charge in [0.05, 0.1) is 0 Å². The second-order valence-electron chi connectivity index (χ2n) is 6.13. The van der Waals surface area contributed by atoms with E-state index in [2.05, 4.69) is 42.3 Å². The predicted molar refractivity (Wildman–Crippen MR) is 101 cm³/mol. The van der Waals surface area contributed by atoms with Crippen LogP contribution in [0.15, 0.2) is 42.5 Å². The maximum atomic E-state index is 12.7. The zero-order valence-electron chi connectivity index (χ0n) is 14.7. The average Bonchev–Trinajstić information content (AvgIpc) is 3.02. The normalized spacial score (nSPS) is 12.9. The largest absolute Gasteiger partial charge is 0.372 e. The van der Waals surface area contributed by atoms with E-state index in [1.807, 2.05) is 36.1 Å². The van der Waals surface area contributed by atoms with Gasteiger partial charge in [0.2, 0.25) is 0 Å². The van der Waals surface area contributed by atoms with Crippen molar-refractivity contribution >= 4 is 23.1 Å². The molecule has 3 rings (SSSR count). The molecule has 126 valence electrons. The van der Waals surface area contributed by atoms with Crippen LogP contribution in [0.2, 0.25) is 0 Å². The Labute approximate surface area is 144 Å². The summed E-state index contributed by atoms with van der Waals surface area (Å²) in [6.45, 7) is 9.04. The maximum absolute atomic E-state index is 12.7. The van der Waals surface area contributed by atoms with E-state index in [0.717, 1.165) is 43.0 Å². The summed E-state index contributed by atoms with van der Waals surface area (Å²) in [5.74, 6) is 0. The van der Waals surface area contributed by atoms with Gasteiger partial charge in [0.1, 0.15) is 0 Å². The first-order valence-electron chi connectivity index (χ1n) is 8.66. The average molecular weight is 323 g/mol. The number of carbonyl (C=O) groups is 1. The minimum absolute atomic E-state index is 0.0568. The first-order chi connectivity index (χ1) is 11.6. The smallest absolute Gasteiger partial charge is 0.326 e. The molecule has 0 saturated carbocycles. The van der Waals surface area contributed by atoms with Crippen LogP contribution in [0.4, 0.5) is 21.9 Å². The third kappa shape index (κ3) is 3.09. The lowest BCUT2D eigenvalue weighted by atomic mass is 10.1. The molecule has 4 nitrogen and oxygen atoms in total. The van der Waals surface area contributed by atoms with E-state index >= 15 is 0 Å². The zero-order valence-corrected chi connectivity index (χ0v) is 14.7. The molecule has 0 unspecified atom stereocenters. The summed E-state index contributed by atoms with van der Waals surface area (Å²) in [6.07, 6.45) is 0.920. The first-order valence-corrected chi connectivity index (χ1v) is 8.66. The van der Waals surface area contributed by atoms with Crippen LogP contribution in [-0.2, 0) is 6.42 Å². The number of anilines is 3. The Morgan fingerprint density at radius 1 is 1.17 bits per heavy atom. The summed E-state index contributed by atoms with van der Waals surface area (Å²) in [7, 11) is 0. The molecule has 2 aromatic rings. The van der Waals surface area contributed by atoms with Gasteiger partial charge in [-0.2, -0.15) is 0 Å². The molecule has 0 saturated heterocycles. The van der Waals surface area contributed by atoms with Gasteiger partial charge in [-0.3, -0.25) is 4.90 Å². The van der Waals surface area contributed by atoms with Crippen molar-refractivity contribution in [3.05, 3.63) is 53.6 Å². The van der Waals surface area contributed by atoms with Crippen LogP contribution in [0.25, 0.3) is 0 Å². The van der Waals surface area contributed by atoms with Crippen molar-refractivity contribution in [2.75, 3.05) is 34.8 Å². The summed E-state index contributed by atoms with van der Waals surface area (Å²) in [4.78, 5) is 16.8. The monoisotopic (exact) mass is 323 g/mol. The minimum atomic E-state index is -0.0568. The molecule has 0 radical (unpaired) electrons. The highest BCUT2D eigenvalue weighted by Crippen LogP contribution is 2.29. The Kier molecular flexibility index (Phi) is 4.74. The number of rotatable bonds is 4. The number of benzene rings is 2. The molecule has 1 heterocycles. The van der Waals surface area contributed by atoms with E-state index in [1.165, 1.54) is 11.3 Å². The third-order valence-electron chi connectivity index (χ3n) is 4.71. The molecule has 0 bridgehead atoms. The fourth-order valence-electron chi connectivity index (χ4n) is 3.31. The number of hydrogen-bond donors (Lipinski definition) is 1. The van der Waals surface area contributed by atoms with Crippen LogP contribution < -0.4 is 15.1 Å². The number of nitrogens with one attached hydrogen (secondary N) is 1. The fourth-order valence-corrected chi connectivity index (χ4v) is 3.31. The van der Waals surface area contributed by atoms with E-state index in [4.69, 9.17) is 0 Å². The van der Waals surface area contributed by atoms with E-state index in [1.54, 1.807) is 0 Å². The number of hydrogen-bond acceptors (Lipinski definition) is 2. The Morgan fingerprint density at radius 2 is 1.92 bits per heavy atom. The quantitative estimate of drug-likeness (QED) is 0.903. The van der Waals surface area contributed by atoms with Crippen LogP contribution in [0.1, 0.15) is 25.0 Å². The standard InChI is InChI=1S/C20H25N3O/c1-4-22(5-2)17-10-11-18(15(3)14-17)21-20(24)23-13-12-16-8-6-7-9-19(16)23/h6-11,14H,4-5,12-13H2,1-3H3,(H,21,24). The van der Waals surface area contributed by atoms with Crippen molar-refractivity contribution in [2.45, 2.75) is 27.2 Å². The van der Waals surface area contributed by atoms with Gasteiger partial charge in [0.15, 0.2) is 0 Å². The summed E-state index contributed by atoms with van der Waals surface area (Å²) in [6, 6.07) is 14.3. The van der Waals surface area contributed by atoms with Crippen LogP contribution >= 0.6 is 0 Å². The summed E-state index contributed by atoms with van der Waals surface area (Å²) < 4.78 is 0. The van der Waals surface area contributed by atoms with Gasteiger partial charge in [-0.1, -0.05) is 18.2 Å². The molecule has 1 N–H and O–H groups in total. The van der Waals surface area contributed by atoms with Crippen LogP contribution in [0.3, 0.4) is 0 Å². The Morgan fingerprint density at radius 3 is 2.62 bits per heavy atom. The summed E-state index contributed by atoms with van der Waals surface area (Å²) in [5.41, 5.74) is 5.41. The summed E-state index contributed by atoms with van der Waals surface area (Å²) >= 11 is 0. The first kappa shape index (κ1) is 16.4. The van der Waals surface area contributed by atoms with E-state index in [0.29, 0.717) is 0 Å². The van der Waals surface area contributed by atoms with E-state index in [-0.39, 0.29) is 6.03 Å². The van der Waals surface area contributed by atoms with E-state index < -0.39 is 0 Å². The minimum Gasteiger partial charge on any atom is -0.372 e. The lowest BCUT2D eigenvalue weighted by Gasteiger charge is -2.23. The van der Waals surface area contributed by atoms with Crippen molar-refractivity contribution in [1.29, 1.82) is 0 Å². The zero-order chi connectivity index (χ0) is 17.1. The molecule has 2 aromatic carbocycles. The number of urea groups is 1. The molecule has 0 spiro atoms. The third-order valence-corrected chi connectivity index (χ3v) is 4.71. The number of carbonyl (C=O) groups excluding carboxylic acids is 1. The second-order valence-corrected chi connectivity index (χ2v) is 6.13. The molecule has 0 aromatic heterocycles. The van der Waals surface area contributed by atoms with Gasteiger partial charge < -0.3 is 10.2 Å². The van der Waals surface area contributed by atoms with Crippen molar-refractivity contribution in [3.8, 4) is 0 Å². The molecule has 1 aliphatic heterocycles. The van der Waals surface area contributed by atoms with Gasteiger partial charge in [-0.15, -0.1) is 0 Å². The van der Waals surface area contributed by atoms with Crippen molar-refractivity contribution in [3.63, 3.8) is 0 Å². The summed E-state index contributed by atoms with van der Waals surface area (Å²) in [5, 5.41) is 3.06. The number of fused-ring (bicyclic) bond motifs is 1. The predicted octanol–water partition coefficient (Wildman–Crippen LogP) is 4.44. The Bertz CT molecular complexity index is 737. The SMILES string of the molecule is CCN(CC)c1ccc(NC(=O)N2CCc3ccccc32)c(C)c1. The van der Waals surface area contributed by atoms with Gasteiger partial charge >= 0.3 is 6.03 Å². The molecular weight excluding hydrogens is 298 g/mol. The van der Waals surface area contributed by atoms with Gasteiger partial charge in [-0.25, -0.2) is 4.79 Å². The van der Waals surface area contributed by atoms with Crippen LogP contribution in [-0.4, -0.2) is 25.7 Å². The van der Waals surface area contributed by atoms with Crippen molar-refractivity contribution in [2.24, 2.45) is 0 Å². The number of para-hydroxylation sites is 1. The highest BCUT2D eigenvalue weighted by Gasteiger charge is 2.24. The lowest BCUT2D eigenvalue weighted by Crippen LogP contribution is -2.33. The highest BCUT2D eigenvalue weighted by molar-refractivity contribution is 6.03. The highest BCUT2D eigenvalue weighted by atomic mass is 16.2. The van der Waals surface area contributed by atoms with E-state index in [9.17, 15) is 4.79 Å². The number of amides is 2. The number of aryl methyl sites for hydroxylation is 1.